The van der Waals surface area contributed by atoms with E-state index in [1.807, 2.05) is 54.4 Å². The van der Waals surface area contributed by atoms with E-state index in [4.69, 9.17) is 9.47 Å². The second kappa shape index (κ2) is 6.01. The lowest BCUT2D eigenvalue weighted by Crippen LogP contribution is -2.41. The number of nitrogens with zero attached hydrogens (tertiary/aromatic N) is 4. The number of benzene rings is 1. The molecule has 2 aromatic heterocycles. The molecule has 7 nitrogen and oxygen atoms in total. The van der Waals surface area contributed by atoms with Gasteiger partial charge in [-0.15, -0.1) is 5.10 Å². The number of pyridine rings is 1. The first-order valence-corrected chi connectivity index (χ1v) is 7.82. The maximum absolute atomic E-state index is 12.3. The van der Waals surface area contributed by atoms with Gasteiger partial charge >= 0.3 is 5.69 Å². The van der Waals surface area contributed by atoms with Gasteiger partial charge in [0.1, 0.15) is 12.7 Å². The highest BCUT2D eigenvalue weighted by atomic mass is 16.6. The number of para-hydroxylation sites is 2. The van der Waals surface area contributed by atoms with Crippen molar-refractivity contribution in [1.82, 2.24) is 19.1 Å². The van der Waals surface area contributed by atoms with Crippen molar-refractivity contribution in [2.24, 2.45) is 0 Å². The van der Waals surface area contributed by atoms with Crippen LogP contribution in [0.15, 0.2) is 53.5 Å². The number of rotatable bonds is 4. The first-order valence-electron chi connectivity index (χ1n) is 7.82. The van der Waals surface area contributed by atoms with E-state index in [1.54, 1.807) is 6.20 Å². The van der Waals surface area contributed by atoms with Crippen LogP contribution in [-0.4, -0.2) is 45.4 Å². The Morgan fingerprint density at radius 1 is 1.21 bits per heavy atom. The molecular weight excluding hydrogens is 308 g/mol. The highest BCUT2D eigenvalue weighted by Crippen LogP contribution is 2.30. The van der Waals surface area contributed by atoms with Crippen molar-refractivity contribution in [3.8, 4) is 11.5 Å². The quantitative estimate of drug-likeness (QED) is 0.721. The molecule has 0 aliphatic carbocycles. The number of likely N-dealkylation sites (N-methyl/N-ethyl adjacent to an activating group) is 1. The summed E-state index contributed by atoms with van der Waals surface area (Å²) in [6.45, 7) is 1.51. The molecule has 0 N–H and O–H groups in total. The predicted molar refractivity (Wildman–Crippen MR) is 88.4 cm³/mol. The molecule has 1 aliphatic heterocycles. The molecule has 7 heteroatoms. The molecule has 1 aromatic carbocycles. The minimum atomic E-state index is -0.149. The molecule has 0 radical (unpaired) electrons. The molecule has 0 saturated carbocycles. The molecule has 0 fully saturated rings. The van der Waals surface area contributed by atoms with Crippen LogP contribution in [0.25, 0.3) is 5.65 Å². The molecule has 1 atom stereocenters. The van der Waals surface area contributed by atoms with Gasteiger partial charge < -0.3 is 9.47 Å². The van der Waals surface area contributed by atoms with Gasteiger partial charge in [0, 0.05) is 12.7 Å². The molecule has 1 aliphatic rings. The predicted octanol–water partition coefficient (Wildman–Crippen LogP) is 1.23. The fourth-order valence-electron chi connectivity index (χ4n) is 2.85. The third-order valence-electron chi connectivity index (χ3n) is 3.95. The zero-order chi connectivity index (χ0) is 16.5. The zero-order valence-electron chi connectivity index (χ0n) is 13.3. The summed E-state index contributed by atoms with van der Waals surface area (Å²) < 4.78 is 14.7. The molecular formula is C17H18N4O3. The van der Waals surface area contributed by atoms with Crippen LogP contribution in [-0.2, 0) is 6.67 Å². The maximum Gasteiger partial charge on any atom is 0.351 e. The number of ether oxygens (including phenoxy) is 2. The lowest BCUT2D eigenvalue weighted by molar-refractivity contribution is 0.0565. The topological polar surface area (TPSA) is 61.0 Å². The Balaban J connectivity index is 1.44. The molecule has 3 heterocycles. The van der Waals surface area contributed by atoms with Crippen molar-refractivity contribution in [2.75, 3.05) is 20.2 Å². The molecule has 0 unspecified atom stereocenters. The van der Waals surface area contributed by atoms with Crippen molar-refractivity contribution in [1.29, 1.82) is 0 Å². The van der Waals surface area contributed by atoms with Crippen molar-refractivity contribution >= 4 is 5.65 Å². The van der Waals surface area contributed by atoms with Crippen LogP contribution < -0.4 is 15.2 Å². The summed E-state index contributed by atoms with van der Waals surface area (Å²) >= 11 is 0. The number of aromatic nitrogens is 3. The van der Waals surface area contributed by atoms with E-state index in [0.717, 1.165) is 11.5 Å². The lowest BCUT2D eigenvalue weighted by atomic mass is 10.2. The Hall–Kier alpha value is -2.80. The van der Waals surface area contributed by atoms with Crippen molar-refractivity contribution in [3.63, 3.8) is 0 Å². The molecule has 0 spiro atoms. The van der Waals surface area contributed by atoms with Crippen LogP contribution in [0.3, 0.4) is 0 Å². The highest BCUT2D eigenvalue weighted by Gasteiger charge is 2.22. The molecule has 124 valence electrons. The Morgan fingerprint density at radius 2 is 2.00 bits per heavy atom. The van der Waals surface area contributed by atoms with Gasteiger partial charge in [0.05, 0.1) is 6.67 Å². The summed E-state index contributed by atoms with van der Waals surface area (Å²) in [6.07, 6.45) is 1.63. The van der Waals surface area contributed by atoms with E-state index in [0.29, 0.717) is 25.5 Å². The van der Waals surface area contributed by atoms with Gasteiger partial charge in [0.25, 0.3) is 0 Å². The molecule has 24 heavy (non-hydrogen) atoms. The molecule has 4 rings (SSSR count). The van der Waals surface area contributed by atoms with Crippen LogP contribution in [0.5, 0.6) is 11.5 Å². The van der Waals surface area contributed by atoms with Crippen molar-refractivity contribution in [2.45, 2.75) is 12.8 Å². The van der Waals surface area contributed by atoms with E-state index in [-0.39, 0.29) is 11.8 Å². The first kappa shape index (κ1) is 14.8. The van der Waals surface area contributed by atoms with E-state index in [2.05, 4.69) is 5.10 Å². The number of hydrogen-bond acceptors (Lipinski definition) is 5. The van der Waals surface area contributed by atoms with E-state index in [9.17, 15) is 4.79 Å². The average molecular weight is 326 g/mol. The van der Waals surface area contributed by atoms with Crippen LogP contribution in [0.1, 0.15) is 0 Å². The normalized spacial score (nSPS) is 16.7. The molecule has 3 aromatic rings. The monoisotopic (exact) mass is 326 g/mol. The summed E-state index contributed by atoms with van der Waals surface area (Å²) in [6, 6.07) is 13.1. The van der Waals surface area contributed by atoms with Gasteiger partial charge in [-0.05, 0) is 31.3 Å². The number of hydrogen-bond donors (Lipinski definition) is 0. The SMILES string of the molecule is CN(C[C@@H]1COc2ccccc2O1)Cn1nc2ccccn2c1=O. The second-order valence-electron chi connectivity index (χ2n) is 5.89. The fourth-order valence-corrected chi connectivity index (χ4v) is 2.85. The van der Waals surface area contributed by atoms with Gasteiger partial charge in [-0.2, -0.15) is 4.68 Å². The van der Waals surface area contributed by atoms with Gasteiger partial charge in [-0.25, -0.2) is 4.79 Å². The van der Waals surface area contributed by atoms with Crippen LogP contribution >= 0.6 is 0 Å². The minimum absolute atomic E-state index is 0.0855. The Bertz CT molecular complexity index is 917. The third kappa shape index (κ3) is 2.74. The molecule has 0 amide bonds. The fraction of sp³-hybridized carbons (Fsp3) is 0.294. The minimum Gasteiger partial charge on any atom is -0.486 e. The summed E-state index contributed by atoms with van der Waals surface area (Å²) in [5.74, 6) is 1.53. The second-order valence-corrected chi connectivity index (χ2v) is 5.89. The smallest absolute Gasteiger partial charge is 0.351 e. The molecule has 0 saturated heterocycles. The lowest BCUT2D eigenvalue weighted by Gasteiger charge is -2.29. The summed E-state index contributed by atoms with van der Waals surface area (Å²) in [4.78, 5) is 14.3. The largest absolute Gasteiger partial charge is 0.486 e. The van der Waals surface area contributed by atoms with Crippen LogP contribution in [0.2, 0.25) is 0 Å². The van der Waals surface area contributed by atoms with Crippen molar-refractivity contribution in [3.05, 3.63) is 59.1 Å². The van der Waals surface area contributed by atoms with Gasteiger partial charge in [-0.1, -0.05) is 18.2 Å². The van der Waals surface area contributed by atoms with Gasteiger partial charge in [0.15, 0.2) is 17.1 Å². The number of fused-ring (bicyclic) bond motifs is 2. The van der Waals surface area contributed by atoms with Crippen LogP contribution in [0.4, 0.5) is 0 Å². The summed E-state index contributed by atoms with van der Waals surface area (Å²) in [7, 11) is 1.93. The van der Waals surface area contributed by atoms with E-state index >= 15 is 0 Å². The first-order chi connectivity index (χ1) is 11.7. The maximum atomic E-state index is 12.3. The average Bonchev–Trinajstić information content (AvgIpc) is 2.91. The third-order valence-corrected chi connectivity index (χ3v) is 3.95. The molecule has 0 bridgehead atoms. The zero-order valence-corrected chi connectivity index (χ0v) is 13.3. The standard InChI is InChI=1S/C17H18N4O3/c1-19(10-13-11-23-14-6-2-3-7-15(14)24-13)12-21-17(22)20-9-5-4-8-16(20)18-21/h2-9,13H,10-12H2,1H3/t13-/m1/s1. The Kier molecular flexibility index (Phi) is 3.70. The van der Waals surface area contributed by atoms with Gasteiger partial charge in [-0.3, -0.25) is 9.30 Å². The summed E-state index contributed by atoms with van der Waals surface area (Å²) in [5.41, 5.74) is 0.491. The summed E-state index contributed by atoms with van der Waals surface area (Å²) in [5, 5.41) is 4.33. The van der Waals surface area contributed by atoms with Crippen LogP contribution in [0, 0.1) is 0 Å². The Labute approximate surface area is 138 Å². The highest BCUT2D eigenvalue weighted by molar-refractivity contribution is 5.40. The van der Waals surface area contributed by atoms with Gasteiger partial charge in [0.2, 0.25) is 0 Å². The van der Waals surface area contributed by atoms with E-state index in [1.165, 1.54) is 9.08 Å². The van der Waals surface area contributed by atoms with E-state index < -0.39 is 0 Å². The van der Waals surface area contributed by atoms with Crippen molar-refractivity contribution < 1.29 is 9.47 Å². The Morgan fingerprint density at radius 3 is 2.83 bits per heavy atom.